The number of aromatic nitrogens is 1. The Labute approximate surface area is 119 Å². The lowest BCUT2D eigenvalue weighted by Crippen LogP contribution is -2.27. The quantitative estimate of drug-likeness (QED) is 0.498. The molecule has 1 rings (SSSR count). The van der Waals surface area contributed by atoms with Crippen LogP contribution in [0, 0.1) is 3.70 Å². The van der Waals surface area contributed by atoms with Crippen LogP contribution in [-0.4, -0.2) is 22.5 Å². The summed E-state index contributed by atoms with van der Waals surface area (Å²) in [5, 5.41) is 2.53. The van der Waals surface area contributed by atoms with Crippen molar-refractivity contribution in [1.29, 1.82) is 0 Å². The summed E-state index contributed by atoms with van der Waals surface area (Å²) in [4.78, 5) is 27.1. The minimum Gasteiger partial charge on any atom is -0.444 e. The van der Waals surface area contributed by atoms with E-state index in [9.17, 15) is 9.59 Å². The number of anilines is 1. The monoisotopic (exact) mass is 362 g/mol. The van der Waals surface area contributed by atoms with Gasteiger partial charge in [-0.3, -0.25) is 10.1 Å². The highest BCUT2D eigenvalue weighted by Crippen LogP contribution is 2.18. The summed E-state index contributed by atoms with van der Waals surface area (Å²) in [6, 6.07) is 1.62. The smallest absolute Gasteiger partial charge is 0.412 e. The van der Waals surface area contributed by atoms with Gasteiger partial charge in [-0.1, -0.05) is 0 Å². The molecular formula is C12H15IN2O3. The number of ether oxygens (including phenoxy) is 1. The number of carbonyl (C=O) groups is 2. The van der Waals surface area contributed by atoms with E-state index in [0.717, 1.165) is 0 Å². The standard InChI is InChI=1S/C12H15IN2O3/c1-7(16)8-5-10(13)14-6-9(8)15-11(17)18-12(2,3)4/h5-6H,1-4H3,(H,15,17). The summed E-state index contributed by atoms with van der Waals surface area (Å²) >= 11 is 2.00. The van der Waals surface area contributed by atoms with Crippen LogP contribution < -0.4 is 5.32 Å². The van der Waals surface area contributed by atoms with Crippen LogP contribution in [0.2, 0.25) is 0 Å². The fourth-order valence-corrected chi connectivity index (χ4v) is 1.69. The molecule has 1 amide bonds. The van der Waals surface area contributed by atoms with E-state index in [-0.39, 0.29) is 5.78 Å². The Bertz CT molecular complexity index is 481. The molecule has 1 N–H and O–H groups in total. The van der Waals surface area contributed by atoms with Crippen LogP contribution in [0.4, 0.5) is 10.5 Å². The normalized spacial score (nSPS) is 10.9. The fraction of sp³-hybridized carbons (Fsp3) is 0.417. The average molecular weight is 362 g/mol. The van der Waals surface area contributed by atoms with E-state index in [1.807, 2.05) is 22.6 Å². The molecule has 0 aliphatic rings. The van der Waals surface area contributed by atoms with Gasteiger partial charge in [-0.05, 0) is 56.4 Å². The molecule has 18 heavy (non-hydrogen) atoms. The van der Waals surface area contributed by atoms with Crippen LogP contribution in [-0.2, 0) is 4.74 Å². The lowest BCUT2D eigenvalue weighted by atomic mass is 10.1. The van der Waals surface area contributed by atoms with Gasteiger partial charge < -0.3 is 4.74 Å². The average Bonchev–Trinajstić information content (AvgIpc) is 2.17. The molecular weight excluding hydrogens is 347 g/mol. The third-order valence-corrected chi connectivity index (χ3v) is 2.48. The highest BCUT2D eigenvalue weighted by Gasteiger charge is 2.18. The Kier molecular flexibility index (Phi) is 4.66. The Morgan fingerprint density at radius 1 is 1.39 bits per heavy atom. The van der Waals surface area contributed by atoms with Crippen LogP contribution in [0.15, 0.2) is 12.3 Å². The third kappa shape index (κ3) is 4.59. The summed E-state index contributed by atoms with van der Waals surface area (Å²) < 4.78 is 5.80. The maximum Gasteiger partial charge on any atom is 0.412 e. The molecule has 1 heterocycles. The van der Waals surface area contributed by atoms with Crippen LogP contribution >= 0.6 is 22.6 Å². The molecule has 5 nitrogen and oxygen atoms in total. The maximum atomic E-state index is 11.6. The minimum absolute atomic E-state index is 0.138. The Balaban J connectivity index is 2.91. The minimum atomic E-state index is -0.604. The second kappa shape index (κ2) is 5.64. The lowest BCUT2D eigenvalue weighted by Gasteiger charge is -2.20. The summed E-state index contributed by atoms with van der Waals surface area (Å²) in [5.74, 6) is -0.138. The Morgan fingerprint density at radius 2 is 2.00 bits per heavy atom. The van der Waals surface area contributed by atoms with Crippen LogP contribution in [0.5, 0.6) is 0 Å². The predicted molar refractivity (Wildman–Crippen MR) is 76.8 cm³/mol. The van der Waals surface area contributed by atoms with Crippen molar-refractivity contribution in [3.05, 3.63) is 21.5 Å². The number of rotatable bonds is 2. The lowest BCUT2D eigenvalue weighted by molar-refractivity contribution is 0.0636. The van der Waals surface area contributed by atoms with Gasteiger partial charge in [0, 0.05) is 5.56 Å². The van der Waals surface area contributed by atoms with E-state index < -0.39 is 11.7 Å². The van der Waals surface area contributed by atoms with Crippen LogP contribution in [0.1, 0.15) is 38.1 Å². The van der Waals surface area contributed by atoms with Gasteiger partial charge in [-0.2, -0.15) is 0 Å². The largest absolute Gasteiger partial charge is 0.444 e. The van der Waals surface area contributed by atoms with Gasteiger partial charge in [0.25, 0.3) is 0 Å². The molecule has 1 aromatic heterocycles. The summed E-state index contributed by atoms with van der Waals surface area (Å²) in [5.41, 5.74) is 0.189. The van der Waals surface area contributed by atoms with Gasteiger partial charge in [-0.25, -0.2) is 9.78 Å². The first kappa shape index (κ1) is 14.9. The highest BCUT2D eigenvalue weighted by atomic mass is 127. The molecule has 0 aromatic carbocycles. The molecule has 0 atom stereocenters. The molecule has 0 saturated heterocycles. The van der Waals surface area contributed by atoms with Crippen molar-refractivity contribution in [2.24, 2.45) is 0 Å². The molecule has 98 valence electrons. The van der Waals surface area contributed by atoms with Gasteiger partial charge in [0.1, 0.15) is 9.30 Å². The molecule has 0 radical (unpaired) electrons. The first-order valence-corrected chi connectivity index (χ1v) is 6.43. The molecule has 0 aliphatic heterocycles. The number of carbonyl (C=O) groups excluding carboxylic acids is 2. The van der Waals surface area contributed by atoms with Gasteiger partial charge in [-0.15, -0.1) is 0 Å². The zero-order valence-electron chi connectivity index (χ0n) is 10.7. The number of hydrogen-bond donors (Lipinski definition) is 1. The SMILES string of the molecule is CC(=O)c1cc(I)ncc1NC(=O)OC(C)(C)C. The number of amides is 1. The first-order valence-electron chi connectivity index (χ1n) is 5.35. The molecule has 0 saturated carbocycles. The van der Waals surface area contributed by atoms with E-state index in [4.69, 9.17) is 4.74 Å². The van der Waals surface area contributed by atoms with Crippen molar-refractivity contribution in [3.8, 4) is 0 Å². The number of nitrogens with one attached hydrogen (secondary N) is 1. The zero-order valence-corrected chi connectivity index (χ0v) is 12.9. The van der Waals surface area contributed by atoms with Gasteiger partial charge in [0.15, 0.2) is 5.78 Å². The van der Waals surface area contributed by atoms with Crippen LogP contribution in [0.3, 0.4) is 0 Å². The maximum absolute atomic E-state index is 11.6. The van der Waals surface area contributed by atoms with E-state index in [2.05, 4.69) is 10.3 Å². The second-order valence-electron chi connectivity index (χ2n) is 4.74. The molecule has 6 heteroatoms. The fourth-order valence-electron chi connectivity index (χ4n) is 1.23. The number of Topliss-reactive ketones (excluding diaryl/α,β-unsaturated/α-hetero) is 1. The summed E-state index contributed by atoms with van der Waals surface area (Å²) in [7, 11) is 0. The molecule has 0 fully saturated rings. The molecule has 0 aliphatic carbocycles. The van der Waals surface area contributed by atoms with E-state index in [1.54, 1.807) is 26.8 Å². The zero-order chi connectivity index (χ0) is 13.9. The van der Waals surface area contributed by atoms with Gasteiger partial charge >= 0.3 is 6.09 Å². The first-order chi connectivity index (χ1) is 8.19. The highest BCUT2D eigenvalue weighted by molar-refractivity contribution is 14.1. The third-order valence-electron chi connectivity index (χ3n) is 1.89. The van der Waals surface area contributed by atoms with Crippen molar-refractivity contribution in [2.45, 2.75) is 33.3 Å². The van der Waals surface area contributed by atoms with E-state index >= 15 is 0 Å². The number of hydrogen-bond acceptors (Lipinski definition) is 4. The Morgan fingerprint density at radius 3 is 2.50 bits per heavy atom. The predicted octanol–water partition coefficient (Wildman–Crippen LogP) is 3.24. The van der Waals surface area contributed by atoms with Crippen molar-refractivity contribution < 1.29 is 14.3 Å². The number of nitrogens with zero attached hydrogens (tertiary/aromatic N) is 1. The molecule has 0 bridgehead atoms. The molecule has 0 spiro atoms. The molecule has 0 unspecified atom stereocenters. The van der Waals surface area contributed by atoms with E-state index in [0.29, 0.717) is 15.0 Å². The van der Waals surface area contributed by atoms with Crippen molar-refractivity contribution in [1.82, 2.24) is 4.98 Å². The van der Waals surface area contributed by atoms with Crippen molar-refractivity contribution in [3.63, 3.8) is 0 Å². The van der Waals surface area contributed by atoms with E-state index in [1.165, 1.54) is 13.1 Å². The number of ketones is 1. The number of pyridine rings is 1. The summed E-state index contributed by atoms with van der Waals surface area (Å²) in [6.07, 6.45) is 0.843. The van der Waals surface area contributed by atoms with Gasteiger partial charge in [0.05, 0.1) is 11.9 Å². The molecule has 1 aromatic rings. The second-order valence-corrected chi connectivity index (χ2v) is 5.84. The Hall–Kier alpha value is -1.18. The van der Waals surface area contributed by atoms with Crippen molar-refractivity contribution >= 4 is 40.2 Å². The summed E-state index contributed by atoms with van der Waals surface area (Å²) in [6.45, 7) is 6.74. The van der Waals surface area contributed by atoms with Gasteiger partial charge in [0.2, 0.25) is 0 Å². The van der Waals surface area contributed by atoms with Crippen LogP contribution in [0.25, 0.3) is 0 Å². The number of halogens is 1. The van der Waals surface area contributed by atoms with Crippen molar-refractivity contribution in [2.75, 3.05) is 5.32 Å². The topological polar surface area (TPSA) is 68.3 Å².